The van der Waals surface area contributed by atoms with E-state index in [-0.39, 0.29) is 12.6 Å². The van der Waals surface area contributed by atoms with Gasteiger partial charge in [0.1, 0.15) is 0 Å². The Balaban J connectivity index is 2.35. The summed E-state index contributed by atoms with van der Waals surface area (Å²) in [4.78, 5) is 24.3. The molecule has 1 fully saturated rings. The van der Waals surface area contributed by atoms with Crippen molar-refractivity contribution in [2.24, 2.45) is 5.92 Å². The molecule has 7 heteroatoms. The highest BCUT2D eigenvalue weighted by Gasteiger charge is 2.22. The Morgan fingerprint density at radius 2 is 2.00 bits per heavy atom. The number of carboxylic acids is 1. The molecule has 2 amide bonds. The minimum atomic E-state index is -0.878. The van der Waals surface area contributed by atoms with Crippen molar-refractivity contribution in [1.82, 2.24) is 10.2 Å². The van der Waals surface area contributed by atoms with Gasteiger partial charge in [0.25, 0.3) is 0 Å². The highest BCUT2D eigenvalue weighted by atomic mass is 32.2. The number of urea groups is 1. The van der Waals surface area contributed by atoms with Gasteiger partial charge in [0.05, 0.1) is 5.92 Å². The SMILES string of the molecule is CCCC(CNC(=O)N1CCS(=O)CC1)C(=O)O. The summed E-state index contributed by atoms with van der Waals surface area (Å²) in [5.41, 5.74) is 0. The largest absolute Gasteiger partial charge is 0.481 e. The highest BCUT2D eigenvalue weighted by Crippen LogP contribution is 2.06. The summed E-state index contributed by atoms with van der Waals surface area (Å²) in [6, 6.07) is -0.256. The van der Waals surface area contributed by atoms with E-state index in [2.05, 4.69) is 5.32 Å². The minimum Gasteiger partial charge on any atom is -0.481 e. The summed E-state index contributed by atoms with van der Waals surface area (Å²) in [5.74, 6) is -0.398. The summed E-state index contributed by atoms with van der Waals surface area (Å²) >= 11 is 0. The van der Waals surface area contributed by atoms with Gasteiger partial charge in [-0.1, -0.05) is 13.3 Å². The Morgan fingerprint density at radius 1 is 1.39 bits per heavy atom. The van der Waals surface area contributed by atoms with Crippen LogP contribution in [0.1, 0.15) is 19.8 Å². The molecule has 18 heavy (non-hydrogen) atoms. The molecule has 1 heterocycles. The van der Waals surface area contributed by atoms with E-state index in [1.165, 1.54) is 0 Å². The monoisotopic (exact) mass is 276 g/mol. The highest BCUT2D eigenvalue weighted by molar-refractivity contribution is 7.85. The predicted molar refractivity (Wildman–Crippen MR) is 68.9 cm³/mol. The number of nitrogens with one attached hydrogen (secondary N) is 1. The van der Waals surface area contributed by atoms with Gasteiger partial charge in [0.15, 0.2) is 0 Å². The topological polar surface area (TPSA) is 86.7 Å². The Morgan fingerprint density at radius 3 is 2.50 bits per heavy atom. The Kier molecular flexibility index (Phi) is 6.11. The maximum atomic E-state index is 11.8. The van der Waals surface area contributed by atoms with Crippen LogP contribution in [0.4, 0.5) is 4.79 Å². The molecule has 1 aliphatic rings. The van der Waals surface area contributed by atoms with Crippen LogP contribution in [0.2, 0.25) is 0 Å². The van der Waals surface area contributed by atoms with Crippen LogP contribution in [0.5, 0.6) is 0 Å². The van der Waals surface area contributed by atoms with Crippen molar-refractivity contribution < 1.29 is 18.9 Å². The van der Waals surface area contributed by atoms with Gasteiger partial charge in [0.2, 0.25) is 0 Å². The van der Waals surface area contributed by atoms with Gasteiger partial charge in [-0.05, 0) is 6.42 Å². The fraction of sp³-hybridized carbons (Fsp3) is 0.818. The summed E-state index contributed by atoms with van der Waals surface area (Å²) in [7, 11) is -0.816. The van der Waals surface area contributed by atoms with Gasteiger partial charge >= 0.3 is 12.0 Å². The molecule has 1 saturated heterocycles. The fourth-order valence-corrected chi connectivity index (χ4v) is 2.88. The Labute approximate surface area is 109 Å². The molecule has 0 aromatic heterocycles. The van der Waals surface area contributed by atoms with Crippen LogP contribution in [-0.4, -0.2) is 57.4 Å². The molecular weight excluding hydrogens is 256 g/mol. The molecule has 0 bridgehead atoms. The number of hydrogen-bond donors (Lipinski definition) is 2. The van der Waals surface area contributed by atoms with Crippen LogP contribution >= 0.6 is 0 Å². The third-order valence-corrected chi connectivity index (χ3v) is 4.23. The van der Waals surface area contributed by atoms with Crippen LogP contribution in [0.3, 0.4) is 0 Å². The lowest BCUT2D eigenvalue weighted by molar-refractivity contribution is -0.141. The molecular formula is C11H20N2O4S. The molecule has 1 rings (SSSR count). The zero-order chi connectivity index (χ0) is 13.5. The maximum Gasteiger partial charge on any atom is 0.317 e. The first kappa shape index (κ1) is 14.9. The van der Waals surface area contributed by atoms with Gasteiger partial charge in [-0.25, -0.2) is 4.79 Å². The van der Waals surface area contributed by atoms with Crippen LogP contribution in [0.15, 0.2) is 0 Å². The Bertz CT molecular complexity index is 325. The Hall–Kier alpha value is -1.11. The average molecular weight is 276 g/mol. The van der Waals surface area contributed by atoms with Gasteiger partial charge in [0, 0.05) is 41.9 Å². The zero-order valence-corrected chi connectivity index (χ0v) is 11.4. The van der Waals surface area contributed by atoms with E-state index in [4.69, 9.17) is 5.11 Å². The third-order valence-electron chi connectivity index (χ3n) is 2.95. The van der Waals surface area contributed by atoms with Crippen LogP contribution in [0, 0.1) is 5.92 Å². The van der Waals surface area contributed by atoms with Gasteiger partial charge < -0.3 is 15.3 Å². The van der Waals surface area contributed by atoms with Crippen LogP contribution in [0.25, 0.3) is 0 Å². The molecule has 2 N–H and O–H groups in total. The lowest BCUT2D eigenvalue weighted by Gasteiger charge is -2.27. The average Bonchev–Trinajstić information content (AvgIpc) is 2.34. The molecule has 1 atom stereocenters. The molecule has 1 unspecified atom stereocenters. The number of carbonyl (C=O) groups is 2. The molecule has 0 aromatic carbocycles. The van der Waals surface area contributed by atoms with Crippen LogP contribution in [-0.2, 0) is 15.6 Å². The number of aliphatic carboxylic acids is 1. The summed E-state index contributed by atoms with van der Waals surface area (Å²) < 4.78 is 11.1. The second-order valence-electron chi connectivity index (χ2n) is 4.35. The molecule has 104 valence electrons. The van der Waals surface area contributed by atoms with E-state index in [9.17, 15) is 13.8 Å². The lowest BCUT2D eigenvalue weighted by Crippen LogP contribution is -2.48. The van der Waals surface area contributed by atoms with Crippen molar-refractivity contribution in [3.63, 3.8) is 0 Å². The fourth-order valence-electron chi connectivity index (χ4n) is 1.82. The molecule has 0 aliphatic carbocycles. The summed E-state index contributed by atoms with van der Waals surface area (Å²) in [6.07, 6.45) is 1.33. The van der Waals surface area contributed by atoms with E-state index in [1.807, 2.05) is 6.92 Å². The zero-order valence-electron chi connectivity index (χ0n) is 10.6. The smallest absolute Gasteiger partial charge is 0.317 e. The molecule has 6 nitrogen and oxygen atoms in total. The number of nitrogens with zero attached hydrogens (tertiary/aromatic N) is 1. The van der Waals surface area contributed by atoms with E-state index in [1.54, 1.807) is 4.90 Å². The first-order valence-electron chi connectivity index (χ1n) is 6.15. The molecule has 0 saturated carbocycles. The van der Waals surface area contributed by atoms with Crippen molar-refractivity contribution in [3.8, 4) is 0 Å². The second kappa shape index (κ2) is 7.35. The number of amides is 2. The molecule has 0 spiro atoms. The maximum absolute atomic E-state index is 11.8. The predicted octanol–water partition coefficient (Wildman–Crippen LogP) is 0.261. The minimum absolute atomic E-state index is 0.154. The number of rotatable bonds is 5. The van der Waals surface area contributed by atoms with E-state index in [0.717, 1.165) is 6.42 Å². The number of hydrogen-bond acceptors (Lipinski definition) is 3. The summed E-state index contributed by atoms with van der Waals surface area (Å²) in [5, 5.41) is 11.6. The molecule has 0 aromatic rings. The van der Waals surface area contributed by atoms with Crippen molar-refractivity contribution in [3.05, 3.63) is 0 Å². The normalized spacial score (nSPS) is 18.4. The quantitative estimate of drug-likeness (QED) is 0.754. The number of carboxylic acid groups (broad SMARTS) is 1. The summed E-state index contributed by atoms with van der Waals surface area (Å²) in [6.45, 7) is 3.02. The van der Waals surface area contributed by atoms with Gasteiger partial charge in [-0.2, -0.15) is 0 Å². The van der Waals surface area contributed by atoms with Crippen molar-refractivity contribution in [2.45, 2.75) is 19.8 Å². The van der Waals surface area contributed by atoms with E-state index in [0.29, 0.717) is 31.0 Å². The third kappa shape index (κ3) is 4.64. The first-order chi connectivity index (χ1) is 8.54. The first-order valence-corrected chi connectivity index (χ1v) is 7.64. The molecule has 0 radical (unpaired) electrons. The molecule has 1 aliphatic heterocycles. The van der Waals surface area contributed by atoms with Crippen molar-refractivity contribution in [1.29, 1.82) is 0 Å². The van der Waals surface area contributed by atoms with Crippen molar-refractivity contribution in [2.75, 3.05) is 31.1 Å². The van der Waals surface area contributed by atoms with Crippen molar-refractivity contribution >= 4 is 22.8 Å². The van der Waals surface area contributed by atoms with Gasteiger partial charge in [-0.15, -0.1) is 0 Å². The lowest BCUT2D eigenvalue weighted by atomic mass is 10.0. The van der Waals surface area contributed by atoms with Gasteiger partial charge in [-0.3, -0.25) is 9.00 Å². The van der Waals surface area contributed by atoms with Crippen LogP contribution < -0.4 is 5.32 Å². The number of carbonyl (C=O) groups excluding carboxylic acids is 1. The second-order valence-corrected chi connectivity index (χ2v) is 6.04. The van der Waals surface area contributed by atoms with E-state index >= 15 is 0 Å². The van der Waals surface area contributed by atoms with E-state index < -0.39 is 22.7 Å². The standard InChI is InChI=1S/C11H20N2O4S/c1-2-3-9(10(14)15)8-12-11(16)13-4-6-18(17)7-5-13/h9H,2-8H2,1H3,(H,12,16)(H,14,15).